The van der Waals surface area contributed by atoms with Crippen molar-refractivity contribution in [2.24, 2.45) is 0 Å². The summed E-state index contributed by atoms with van der Waals surface area (Å²) in [7, 11) is 0. The first-order valence-corrected chi connectivity index (χ1v) is 6.00. The number of aromatic carboxylic acids is 1. The Balaban J connectivity index is 2.41. The minimum atomic E-state index is -0.962. The highest BCUT2D eigenvalue weighted by molar-refractivity contribution is 5.87. The molecule has 19 heavy (non-hydrogen) atoms. The summed E-state index contributed by atoms with van der Waals surface area (Å²) in [6.07, 6.45) is 2.45. The molecule has 0 heterocycles. The van der Waals surface area contributed by atoms with E-state index >= 15 is 0 Å². The van der Waals surface area contributed by atoms with Gasteiger partial charge < -0.3 is 15.7 Å². The molecule has 1 atom stereocenters. The van der Waals surface area contributed by atoms with Gasteiger partial charge in [-0.2, -0.15) is 0 Å². The number of carboxylic acids is 1. The van der Waals surface area contributed by atoms with E-state index in [1.807, 2.05) is 6.92 Å². The number of carbonyl (C=O) groups is 2. The highest BCUT2D eigenvalue weighted by Crippen LogP contribution is 2.04. The van der Waals surface area contributed by atoms with Crippen LogP contribution in [0, 0.1) is 0 Å². The van der Waals surface area contributed by atoms with Gasteiger partial charge in [0.05, 0.1) is 5.56 Å². The van der Waals surface area contributed by atoms with Crippen molar-refractivity contribution in [3.05, 3.63) is 48.0 Å². The van der Waals surface area contributed by atoms with Crippen LogP contribution in [-0.2, 0) is 6.54 Å². The molecule has 2 amide bonds. The first-order chi connectivity index (χ1) is 9.02. The molecule has 0 saturated heterocycles. The summed E-state index contributed by atoms with van der Waals surface area (Å²) in [6, 6.07) is 6.16. The summed E-state index contributed by atoms with van der Waals surface area (Å²) in [5, 5.41) is 14.2. The number of rotatable bonds is 6. The lowest BCUT2D eigenvalue weighted by Gasteiger charge is -2.12. The molecule has 3 N–H and O–H groups in total. The normalized spacial score (nSPS) is 11.4. The first kappa shape index (κ1) is 14.8. The van der Waals surface area contributed by atoms with Gasteiger partial charge in [-0.1, -0.05) is 18.2 Å². The second-order valence-corrected chi connectivity index (χ2v) is 4.25. The minimum Gasteiger partial charge on any atom is -0.478 e. The first-order valence-electron chi connectivity index (χ1n) is 6.00. The topological polar surface area (TPSA) is 78.4 Å². The lowest BCUT2D eigenvalue weighted by molar-refractivity contribution is 0.0697. The van der Waals surface area contributed by atoms with E-state index in [0.717, 1.165) is 5.56 Å². The number of carbonyl (C=O) groups excluding carboxylic acids is 1. The number of urea groups is 1. The van der Waals surface area contributed by atoms with E-state index in [9.17, 15) is 9.59 Å². The zero-order chi connectivity index (χ0) is 14.3. The summed E-state index contributed by atoms with van der Waals surface area (Å²) in [4.78, 5) is 22.2. The summed E-state index contributed by atoms with van der Waals surface area (Å²) in [5.74, 6) is -0.962. The molecule has 1 aromatic rings. The molecule has 0 aliphatic carbocycles. The summed E-state index contributed by atoms with van der Waals surface area (Å²) in [6.45, 7) is 5.85. The van der Waals surface area contributed by atoms with Crippen molar-refractivity contribution in [3.8, 4) is 0 Å². The maximum absolute atomic E-state index is 11.5. The Labute approximate surface area is 112 Å². The van der Waals surface area contributed by atoms with Gasteiger partial charge in [0.15, 0.2) is 0 Å². The molecule has 0 aliphatic heterocycles. The Kier molecular flexibility index (Phi) is 5.60. The summed E-state index contributed by atoms with van der Waals surface area (Å²) in [5.41, 5.74) is 1.07. The standard InChI is InChI=1S/C14H18N2O3/c1-3-4-10(2)16-14(19)15-9-11-5-7-12(8-6-11)13(17)18/h3,5-8,10H,1,4,9H2,2H3,(H,17,18)(H2,15,16,19). The van der Waals surface area contributed by atoms with Crippen LogP contribution in [0.25, 0.3) is 0 Å². The van der Waals surface area contributed by atoms with Crippen LogP contribution in [-0.4, -0.2) is 23.1 Å². The number of amides is 2. The molecule has 0 aromatic heterocycles. The molecule has 1 unspecified atom stereocenters. The Morgan fingerprint density at radius 2 is 2.00 bits per heavy atom. The Hall–Kier alpha value is -2.30. The molecule has 1 rings (SSSR count). The fourth-order valence-corrected chi connectivity index (χ4v) is 1.53. The Bertz CT molecular complexity index is 454. The number of benzene rings is 1. The fraction of sp³-hybridized carbons (Fsp3) is 0.286. The number of carboxylic acid groups (broad SMARTS) is 1. The van der Waals surface area contributed by atoms with Crippen molar-refractivity contribution in [1.82, 2.24) is 10.6 Å². The van der Waals surface area contributed by atoms with E-state index in [1.54, 1.807) is 18.2 Å². The highest BCUT2D eigenvalue weighted by Gasteiger charge is 2.06. The lowest BCUT2D eigenvalue weighted by atomic mass is 10.1. The van der Waals surface area contributed by atoms with Gasteiger partial charge in [0.25, 0.3) is 0 Å². The van der Waals surface area contributed by atoms with Crippen LogP contribution in [0.3, 0.4) is 0 Å². The van der Waals surface area contributed by atoms with Crippen LogP contribution in [0.5, 0.6) is 0 Å². The molecule has 0 bridgehead atoms. The molecule has 5 nitrogen and oxygen atoms in total. The van der Waals surface area contributed by atoms with Gasteiger partial charge in [-0.25, -0.2) is 9.59 Å². The van der Waals surface area contributed by atoms with Crippen LogP contribution >= 0.6 is 0 Å². The van der Waals surface area contributed by atoms with Crippen molar-refractivity contribution in [2.75, 3.05) is 0 Å². The molecule has 0 saturated carbocycles. The van der Waals surface area contributed by atoms with Crippen molar-refractivity contribution in [1.29, 1.82) is 0 Å². The zero-order valence-electron chi connectivity index (χ0n) is 10.8. The van der Waals surface area contributed by atoms with E-state index < -0.39 is 5.97 Å². The third-order valence-electron chi connectivity index (χ3n) is 2.55. The molecular weight excluding hydrogens is 244 g/mol. The van der Waals surface area contributed by atoms with Gasteiger partial charge in [-0.05, 0) is 31.0 Å². The van der Waals surface area contributed by atoms with E-state index in [1.165, 1.54) is 12.1 Å². The molecule has 0 radical (unpaired) electrons. The van der Waals surface area contributed by atoms with Crippen LogP contribution in [0.15, 0.2) is 36.9 Å². The van der Waals surface area contributed by atoms with Gasteiger partial charge in [0, 0.05) is 12.6 Å². The molecule has 5 heteroatoms. The van der Waals surface area contributed by atoms with E-state index in [2.05, 4.69) is 17.2 Å². The third kappa shape index (κ3) is 5.25. The van der Waals surface area contributed by atoms with Crippen LogP contribution in [0.1, 0.15) is 29.3 Å². The third-order valence-corrected chi connectivity index (χ3v) is 2.55. The molecule has 0 fully saturated rings. The lowest BCUT2D eigenvalue weighted by Crippen LogP contribution is -2.40. The van der Waals surface area contributed by atoms with Crippen molar-refractivity contribution in [2.45, 2.75) is 25.9 Å². The molecule has 1 aromatic carbocycles. The summed E-state index contributed by atoms with van der Waals surface area (Å²) >= 11 is 0. The van der Waals surface area contributed by atoms with E-state index in [4.69, 9.17) is 5.11 Å². The maximum atomic E-state index is 11.5. The van der Waals surface area contributed by atoms with Crippen LogP contribution in [0.2, 0.25) is 0 Å². The van der Waals surface area contributed by atoms with Crippen molar-refractivity contribution >= 4 is 12.0 Å². The van der Waals surface area contributed by atoms with Gasteiger partial charge in [0.1, 0.15) is 0 Å². The average Bonchev–Trinajstić information content (AvgIpc) is 2.37. The predicted octanol–water partition coefficient (Wildman–Crippen LogP) is 2.15. The second-order valence-electron chi connectivity index (χ2n) is 4.25. The van der Waals surface area contributed by atoms with Gasteiger partial charge in [-0.15, -0.1) is 6.58 Å². The van der Waals surface area contributed by atoms with E-state index in [-0.39, 0.29) is 17.6 Å². The van der Waals surface area contributed by atoms with Crippen molar-refractivity contribution < 1.29 is 14.7 Å². The van der Waals surface area contributed by atoms with Crippen LogP contribution in [0.4, 0.5) is 4.79 Å². The molecular formula is C14H18N2O3. The molecule has 102 valence electrons. The molecule has 0 aliphatic rings. The van der Waals surface area contributed by atoms with Gasteiger partial charge in [0.2, 0.25) is 0 Å². The highest BCUT2D eigenvalue weighted by atomic mass is 16.4. The van der Waals surface area contributed by atoms with Crippen molar-refractivity contribution in [3.63, 3.8) is 0 Å². The quantitative estimate of drug-likeness (QED) is 0.687. The van der Waals surface area contributed by atoms with Crippen LogP contribution < -0.4 is 10.6 Å². The number of hydrogen-bond donors (Lipinski definition) is 3. The Morgan fingerprint density at radius 3 is 2.53 bits per heavy atom. The Morgan fingerprint density at radius 1 is 1.37 bits per heavy atom. The zero-order valence-corrected chi connectivity index (χ0v) is 10.8. The van der Waals surface area contributed by atoms with Gasteiger partial charge >= 0.3 is 12.0 Å². The smallest absolute Gasteiger partial charge is 0.335 e. The number of nitrogens with one attached hydrogen (secondary N) is 2. The average molecular weight is 262 g/mol. The second kappa shape index (κ2) is 7.20. The predicted molar refractivity (Wildman–Crippen MR) is 73.0 cm³/mol. The monoisotopic (exact) mass is 262 g/mol. The largest absolute Gasteiger partial charge is 0.478 e. The van der Waals surface area contributed by atoms with E-state index in [0.29, 0.717) is 13.0 Å². The molecule has 0 spiro atoms. The fourth-order valence-electron chi connectivity index (χ4n) is 1.53. The number of hydrogen-bond acceptors (Lipinski definition) is 2. The maximum Gasteiger partial charge on any atom is 0.335 e. The summed E-state index contributed by atoms with van der Waals surface area (Å²) < 4.78 is 0. The van der Waals surface area contributed by atoms with Gasteiger partial charge in [-0.3, -0.25) is 0 Å². The minimum absolute atomic E-state index is 0.0342. The SMILES string of the molecule is C=CCC(C)NC(=O)NCc1ccc(C(=O)O)cc1.